The second-order valence-corrected chi connectivity index (χ2v) is 6.96. The lowest BCUT2D eigenvalue weighted by molar-refractivity contribution is -0.122. The standard InChI is InChI=1S/C20H19NO6/c22-10-12(23)9-21-15-4-2-1-3-13(15)20(19(21)24)11-27-16-8-18-17(7-14(16)20)25-5-6-26-18/h1-4,7-8,12,22-23H,5-6,9-11H2. The minimum atomic E-state index is -1.01. The van der Waals surface area contributed by atoms with Crippen LogP contribution in [0.15, 0.2) is 36.4 Å². The molecule has 0 radical (unpaired) electrons. The van der Waals surface area contributed by atoms with Crippen LogP contribution in [0.5, 0.6) is 17.2 Å². The fourth-order valence-electron chi connectivity index (χ4n) is 4.16. The number of carbonyl (C=O) groups is 1. The average molecular weight is 369 g/mol. The minimum Gasteiger partial charge on any atom is -0.491 e. The summed E-state index contributed by atoms with van der Waals surface area (Å²) in [7, 11) is 0. The van der Waals surface area contributed by atoms with Crippen LogP contribution in [0, 0.1) is 0 Å². The van der Waals surface area contributed by atoms with Gasteiger partial charge in [-0.1, -0.05) is 18.2 Å². The van der Waals surface area contributed by atoms with E-state index in [9.17, 15) is 15.0 Å². The third-order valence-electron chi connectivity index (χ3n) is 5.42. The number of anilines is 1. The topological polar surface area (TPSA) is 88.5 Å². The van der Waals surface area contributed by atoms with Gasteiger partial charge in [0.1, 0.15) is 31.0 Å². The molecule has 2 aromatic carbocycles. The summed E-state index contributed by atoms with van der Waals surface area (Å²) in [6.07, 6.45) is -1.01. The highest BCUT2D eigenvalue weighted by atomic mass is 16.6. The lowest BCUT2D eigenvalue weighted by Crippen LogP contribution is -2.45. The highest BCUT2D eigenvalue weighted by Gasteiger charge is 2.57. The molecule has 5 rings (SSSR count). The van der Waals surface area contributed by atoms with Crippen LogP contribution in [0.3, 0.4) is 0 Å². The largest absolute Gasteiger partial charge is 0.491 e. The smallest absolute Gasteiger partial charge is 0.245 e. The van der Waals surface area contributed by atoms with Crippen LogP contribution in [-0.2, 0) is 10.2 Å². The van der Waals surface area contributed by atoms with Gasteiger partial charge in [-0.2, -0.15) is 0 Å². The number of nitrogens with zero attached hydrogens (tertiary/aromatic N) is 1. The summed E-state index contributed by atoms with van der Waals surface area (Å²) < 4.78 is 17.2. The summed E-state index contributed by atoms with van der Waals surface area (Å²) >= 11 is 0. The van der Waals surface area contributed by atoms with Gasteiger partial charge in [0.15, 0.2) is 11.5 Å². The third-order valence-corrected chi connectivity index (χ3v) is 5.42. The van der Waals surface area contributed by atoms with Crippen molar-refractivity contribution >= 4 is 11.6 Å². The van der Waals surface area contributed by atoms with E-state index in [0.29, 0.717) is 30.5 Å². The van der Waals surface area contributed by atoms with Crippen LogP contribution in [0.2, 0.25) is 0 Å². The Hall–Kier alpha value is -2.77. The Balaban J connectivity index is 1.67. The highest BCUT2D eigenvalue weighted by molar-refractivity contribution is 6.11. The molecule has 3 aliphatic rings. The molecule has 140 valence electrons. The van der Waals surface area contributed by atoms with Crippen molar-refractivity contribution in [2.75, 3.05) is 37.9 Å². The van der Waals surface area contributed by atoms with E-state index in [1.54, 1.807) is 6.07 Å². The van der Waals surface area contributed by atoms with E-state index in [1.807, 2.05) is 30.3 Å². The lowest BCUT2D eigenvalue weighted by Gasteiger charge is -2.25. The number of hydrogen-bond acceptors (Lipinski definition) is 6. The van der Waals surface area contributed by atoms with Crippen LogP contribution < -0.4 is 19.1 Å². The number of carbonyl (C=O) groups excluding carboxylic acids is 1. The van der Waals surface area contributed by atoms with Gasteiger partial charge in [-0.25, -0.2) is 0 Å². The second-order valence-electron chi connectivity index (χ2n) is 6.96. The molecule has 27 heavy (non-hydrogen) atoms. The molecule has 0 saturated carbocycles. The molecule has 3 heterocycles. The van der Waals surface area contributed by atoms with Crippen molar-refractivity contribution in [3.8, 4) is 17.2 Å². The maximum absolute atomic E-state index is 13.5. The minimum absolute atomic E-state index is 0.0218. The van der Waals surface area contributed by atoms with Gasteiger partial charge in [-0.15, -0.1) is 0 Å². The Bertz CT molecular complexity index is 929. The molecule has 2 atom stereocenters. The zero-order valence-corrected chi connectivity index (χ0v) is 14.6. The van der Waals surface area contributed by atoms with Crippen LogP contribution in [0.25, 0.3) is 0 Å². The first kappa shape index (κ1) is 16.4. The zero-order valence-electron chi connectivity index (χ0n) is 14.6. The molecule has 0 saturated heterocycles. The van der Waals surface area contributed by atoms with E-state index in [-0.39, 0.29) is 19.1 Å². The lowest BCUT2D eigenvalue weighted by atomic mass is 9.77. The van der Waals surface area contributed by atoms with Gasteiger partial charge in [0, 0.05) is 17.3 Å². The molecule has 2 N–H and O–H groups in total. The number of amides is 1. The van der Waals surface area contributed by atoms with Crippen LogP contribution in [-0.4, -0.2) is 55.2 Å². The van der Waals surface area contributed by atoms with Gasteiger partial charge in [-0.05, 0) is 17.7 Å². The number of benzene rings is 2. The molecule has 1 amide bonds. The maximum atomic E-state index is 13.5. The molecule has 2 unspecified atom stereocenters. The second kappa shape index (κ2) is 5.87. The molecule has 2 aromatic rings. The van der Waals surface area contributed by atoms with Crippen molar-refractivity contribution in [1.82, 2.24) is 0 Å². The monoisotopic (exact) mass is 369 g/mol. The Morgan fingerprint density at radius 1 is 1.04 bits per heavy atom. The predicted molar refractivity (Wildman–Crippen MR) is 95.6 cm³/mol. The molecule has 0 fully saturated rings. The van der Waals surface area contributed by atoms with Gasteiger partial charge in [0.25, 0.3) is 0 Å². The maximum Gasteiger partial charge on any atom is 0.245 e. The Morgan fingerprint density at radius 2 is 1.78 bits per heavy atom. The van der Waals surface area contributed by atoms with Crippen molar-refractivity contribution < 1.29 is 29.2 Å². The normalized spacial score (nSPS) is 23.2. The average Bonchev–Trinajstić information content (AvgIpc) is 3.19. The first-order valence-corrected chi connectivity index (χ1v) is 8.92. The van der Waals surface area contributed by atoms with Gasteiger partial charge >= 0.3 is 0 Å². The number of hydrogen-bond donors (Lipinski definition) is 2. The van der Waals surface area contributed by atoms with Crippen molar-refractivity contribution in [2.24, 2.45) is 0 Å². The van der Waals surface area contributed by atoms with E-state index in [1.165, 1.54) is 4.90 Å². The highest BCUT2D eigenvalue weighted by Crippen LogP contribution is 2.54. The quantitative estimate of drug-likeness (QED) is 0.834. The molecule has 0 aromatic heterocycles. The van der Waals surface area contributed by atoms with E-state index in [4.69, 9.17) is 14.2 Å². The fraction of sp³-hybridized carbons (Fsp3) is 0.350. The van der Waals surface area contributed by atoms with Crippen molar-refractivity contribution in [3.63, 3.8) is 0 Å². The summed E-state index contributed by atoms with van der Waals surface area (Å²) in [6, 6.07) is 11.1. The van der Waals surface area contributed by atoms with Crippen LogP contribution in [0.4, 0.5) is 5.69 Å². The van der Waals surface area contributed by atoms with E-state index < -0.39 is 18.1 Å². The van der Waals surface area contributed by atoms with Gasteiger partial charge in [0.2, 0.25) is 5.91 Å². The fourth-order valence-corrected chi connectivity index (χ4v) is 4.16. The Labute approximate surface area is 155 Å². The van der Waals surface area contributed by atoms with E-state index in [0.717, 1.165) is 16.8 Å². The summed E-state index contributed by atoms with van der Waals surface area (Å²) in [5, 5.41) is 19.2. The van der Waals surface area contributed by atoms with E-state index >= 15 is 0 Å². The van der Waals surface area contributed by atoms with Gasteiger partial charge < -0.3 is 29.3 Å². The predicted octanol–water partition coefficient (Wildman–Crippen LogP) is 0.836. The third kappa shape index (κ3) is 2.18. The van der Waals surface area contributed by atoms with Crippen molar-refractivity contribution in [2.45, 2.75) is 11.5 Å². The number of para-hydroxylation sites is 1. The van der Waals surface area contributed by atoms with Gasteiger partial charge in [-0.3, -0.25) is 4.79 Å². The summed E-state index contributed by atoms with van der Waals surface area (Å²) in [6.45, 7) is 0.718. The summed E-state index contributed by atoms with van der Waals surface area (Å²) in [5.41, 5.74) is 1.30. The number of β-amino-alcohol motifs (C(OH)–C–C–N with tert-alkyl or cyclic N) is 1. The molecule has 7 heteroatoms. The molecular formula is C20H19NO6. The van der Waals surface area contributed by atoms with E-state index in [2.05, 4.69) is 0 Å². The van der Waals surface area contributed by atoms with Crippen LogP contribution in [0.1, 0.15) is 11.1 Å². The first-order valence-electron chi connectivity index (χ1n) is 8.92. The number of rotatable bonds is 3. The van der Waals surface area contributed by atoms with Crippen molar-refractivity contribution in [1.29, 1.82) is 0 Å². The van der Waals surface area contributed by atoms with Crippen molar-refractivity contribution in [3.05, 3.63) is 47.5 Å². The molecule has 0 bridgehead atoms. The molecule has 7 nitrogen and oxygen atoms in total. The SMILES string of the molecule is O=C1N(CC(O)CO)c2ccccc2C12COc1cc3c(cc12)OCCO3. The molecule has 1 spiro atoms. The Kier molecular flexibility index (Phi) is 3.57. The number of ether oxygens (including phenoxy) is 3. The summed E-state index contributed by atoms with van der Waals surface area (Å²) in [5.74, 6) is 1.64. The number of aliphatic hydroxyl groups is 2. The first-order chi connectivity index (χ1) is 13.1. The molecule has 3 aliphatic heterocycles. The summed E-state index contributed by atoms with van der Waals surface area (Å²) in [4.78, 5) is 15.1. The molecule has 0 aliphatic carbocycles. The van der Waals surface area contributed by atoms with Gasteiger partial charge in [0.05, 0.1) is 19.3 Å². The molecular weight excluding hydrogens is 350 g/mol. The number of fused-ring (bicyclic) bond motifs is 5. The zero-order chi connectivity index (χ0) is 18.6. The number of aliphatic hydroxyl groups excluding tert-OH is 2. The Morgan fingerprint density at radius 3 is 2.56 bits per heavy atom. The van der Waals surface area contributed by atoms with Crippen LogP contribution >= 0.6 is 0 Å².